The summed E-state index contributed by atoms with van der Waals surface area (Å²) in [5.74, 6) is 3.26. The lowest BCUT2D eigenvalue weighted by molar-refractivity contribution is 0.0150. The largest absolute Gasteiger partial charge is 0.393 e. The third-order valence-electron chi connectivity index (χ3n) is 9.53. The van der Waals surface area contributed by atoms with Gasteiger partial charge in [0.05, 0.1) is 11.7 Å². The summed E-state index contributed by atoms with van der Waals surface area (Å²) < 4.78 is 0. The maximum Gasteiger partial charge on any atom is 0.0617 e. The number of rotatable bonds is 6. The lowest BCUT2D eigenvalue weighted by Gasteiger charge is -2.44. The fourth-order valence-electron chi connectivity index (χ4n) is 6.93. The molecule has 172 valence electrons. The molecule has 7 unspecified atom stereocenters. The zero-order chi connectivity index (χ0) is 22.1. The Morgan fingerprint density at radius 2 is 1.77 bits per heavy atom. The lowest BCUT2D eigenvalue weighted by Crippen LogP contribution is -2.36. The van der Waals surface area contributed by atoms with Crippen molar-refractivity contribution in [1.82, 2.24) is 0 Å². The number of aliphatic hydroxyl groups excluding tert-OH is 1. The van der Waals surface area contributed by atoms with Crippen LogP contribution in [0.4, 0.5) is 0 Å². The molecule has 3 fully saturated rings. The molecule has 3 aliphatic carbocycles. The van der Waals surface area contributed by atoms with Gasteiger partial charge in [-0.3, -0.25) is 0 Å². The molecule has 7 atom stereocenters. The van der Waals surface area contributed by atoms with E-state index in [2.05, 4.69) is 39.8 Å². The normalized spacial score (nSPS) is 39.9. The van der Waals surface area contributed by atoms with Crippen molar-refractivity contribution in [3.63, 3.8) is 0 Å². The Labute approximate surface area is 186 Å². The van der Waals surface area contributed by atoms with Gasteiger partial charge in [-0.05, 0) is 107 Å². The third kappa shape index (κ3) is 5.23. The number of hydrogen-bond donors (Lipinski definition) is 2. The first-order valence-electron chi connectivity index (χ1n) is 12.8. The van der Waals surface area contributed by atoms with Crippen LogP contribution in [0.2, 0.25) is 0 Å². The van der Waals surface area contributed by atoms with Crippen molar-refractivity contribution in [3.8, 4) is 0 Å². The van der Waals surface area contributed by atoms with Crippen molar-refractivity contribution in [1.29, 1.82) is 0 Å². The SMILES string of the molecule is CC1CCC(O)C/C1=C/C=C1/CCCC2(C)C1CCC2C(C)CCC(C)C(C)(C)O. The van der Waals surface area contributed by atoms with Crippen LogP contribution in [0.1, 0.15) is 106 Å². The smallest absolute Gasteiger partial charge is 0.0617 e. The van der Waals surface area contributed by atoms with Crippen LogP contribution >= 0.6 is 0 Å². The summed E-state index contributed by atoms with van der Waals surface area (Å²) in [6.45, 7) is 13.5. The van der Waals surface area contributed by atoms with Gasteiger partial charge in [-0.25, -0.2) is 0 Å². The Bertz CT molecular complexity index is 640. The topological polar surface area (TPSA) is 40.5 Å². The minimum absolute atomic E-state index is 0.134. The Kier molecular flexibility index (Phi) is 7.61. The van der Waals surface area contributed by atoms with Crippen LogP contribution in [0.3, 0.4) is 0 Å². The molecular weight excluding hydrogens is 368 g/mol. The first-order valence-corrected chi connectivity index (χ1v) is 12.8. The van der Waals surface area contributed by atoms with E-state index in [1.165, 1.54) is 44.1 Å². The maximum atomic E-state index is 10.3. The van der Waals surface area contributed by atoms with E-state index in [1.807, 2.05) is 13.8 Å². The van der Waals surface area contributed by atoms with E-state index >= 15 is 0 Å². The van der Waals surface area contributed by atoms with Gasteiger partial charge in [0.25, 0.3) is 0 Å². The first kappa shape index (κ1) is 24.1. The van der Waals surface area contributed by atoms with Crippen LogP contribution in [-0.4, -0.2) is 21.9 Å². The van der Waals surface area contributed by atoms with Crippen molar-refractivity contribution in [2.45, 2.75) is 117 Å². The van der Waals surface area contributed by atoms with Gasteiger partial charge in [0.15, 0.2) is 0 Å². The van der Waals surface area contributed by atoms with Crippen LogP contribution in [-0.2, 0) is 0 Å². The molecule has 0 heterocycles. The van der Waals surface area contributed by atoms with Gasteiger partial charge >= 0.3 is 0 Å². The first-order chi connectivity index (χ1) is 14.0. The molecule has 0 aromatic carbocycles. The van der Waals surface area contributed by atoms with Crippen LogP contribution in [0.25, 0.3) is 0 Å². The van der Waals surface area contributed by atoms with Gasteiger partial charge in [-0.1, -0.05) is 57.4 Å². The van der Waals surface area contributed by atoms with Gasteiger partial charge < -0.3 is 10.2 Å². The second-order valence-electron chi connectivity index (χ2n) is 12.0. The van der Waals surface area contributed by atoms with Crippen molar-refractivity contribution in [3.05, 3.63) is 23.3 Å². The Hall–Kier alpha value is -0.600. The summed E-state index contributed by atoms with van der Waals surface area (Å²) in [6, 6.07) is 0. The highest BCUT2D eigenvalue weighted by Crippen LogP contribution is 2.60. The maximum absolute atomic E-state index is 10.3. The zero-order valence-electron chi connectivity index (χ0n) is 20.6. The molecule has 0 aromatic heterocycles. The van der Waals surface area contributed by atoms with Crippen molar-refractivity contribution in [2.24, 2.45) is 35.0 Å². The van der Waals surface area contributed by atoms with Gasteiger partial charge in [0, 0.05) is 0 Å². The number of hydrogen-bond acceptors (Lipinski definition) is 2. The average molecular weight is 417 g/mol. The fourth-order valence-corrected chi connectivity index (χ4v) is 6.93. The Morgan fingerprint density at radius 3 is 2.47 bits per heavy atom. The van der Waals surface area contributed by atoms with E-state index in [0.29, 0.717) is 17.3 Å². The molecule has 0 spiro atoms. The summed E-state index contributed by atoms with van der Waals surface area (Å²) in [5, 5.41) is 20.4. The Morgan fingerprint density at radius 1 is 1.07 bits per heavy atom. The monoisotopic (exact) mass is 416 g/mol. The van der Waals surface area contributed by atoms with Gasteiger partial charge in [-0.15, -0.1) is 0 Å². The van der Waals surface area contributed by atoms with Crippen molar-refractivity contribution < 1.29 is 10.2 Å². The summed E-state index contributed by atoms with van der Waals surface area (Å²) in [7, 11) is 0. The standard InChI is InChI=1S/C28H48O2/c1-19-10-14-24(29)18-23(19)13-12-22-8-7-17-28(6)25(15-16-26(22)28)20(2)9-11-21(3)27(4,5)30/h12-13,19-21,24-26,29-30H,7-11,14-18H2,1-6H3/b22-12-,23-13-. The summed E-state index contributed by atoms with van der Waals surface area (Å²) in [5.41, 5.74) is 3.01. The van der Waals surface area contributed by atoms with Crippen LogP contribution in [0.15, 0.2) is 23.3 Å². The van der Waals surface area contributed by atoms with Gasteiger partial charge in [0.1, 0.15) is 0 Å². The second-order valence-corrected chi connectivity index (χ2v) is 12.0. The summed E-state index contributed by atoms with van der Waals surface area (Å²) >= 11 is 0. The van der Waals surface area contributed by atoms with Gasteiger partial charge in [-0.2, -0.15) is 0 Å². The molecule has 2 heteroatoms. The van der Waals surface area contributed by atoms with Crippen LogP contribution < -0.4 is 0 Å². The minimum atomic E-state index is -0.570. The molecule has 0 amide bonds. The highest BCUT2D eigenvalue weighted by molar-refractivity contribution is 5.26. The molecule has 2 N–H and O–H groups in total. The fraction of sp³-hybridized carbons (Fsp3) is 0.857. The van der Waals surface area contributed by atoms with E-state index in [4.69, 9.17) is 0 Å². The second kappa shape index (κ2) is 9.49. The zero-order valence-corrected chi connectivity index (χ0v) is 20.6. The summed E-state index contributed by atoms with van der Waals surface area (Å²) in [6.07, 6.45) is 16.7. The third-order valence-corrected chi connectivity index (χ3v) is 9.53. The van der Waals surface area contributed by atoms with E-state index < -0.39 is 5.60 Å². The van der Waals surface area contributed by atoms with E-state index in [-0.39, 0.29) is 6.10 Å². The molecule has 3 aliphatic rings. The molecule has 0 aliphatic heterocycles. The Balaban J connectivity index is 1.69. The molecule has 3 rings (SSSR count). The lowest BCUT2D eigenvalue weighted by atomic mass is 9.60. The van der Waals surface area contributed by atoms with E-state index in [1.54, 1.807) is 5.57 Å². The molecule has 0 bridgehead atoms. The molecule has 3 saturated carbocycles. The average Bonchev–Trinajstić information content (AvgIpc) is 3.03. The molecule has 30 heavy (non-hydrogen) atoms. The van der Waals surface area contributed by atoms with E-state index in [9.17, 15) is 10.2 Å². The van der Waals surface area contributed by atoms with Gasteiger partial charge in [0.2, 0.25) is 0 Å². The quantitative estimate of drug-likeness (QED) is 0.486. The van der Waals surface area contributed by atoms with E-state index in [0.717, 1.165) is 43.4 Å². The molecule has 0 saturated heterocycles. The molecule has 2 nitrogen and oxygen atoms in total. The molecule has 0 aromatic rings. The number of aliphatic hydroxyl groups is 2. The highest BCUT2D eigenvalue weighted by atomic mass is 16.3. The predicted octanol–water partition coefficient (Wildman–Crippen LogP) is 7.06. The molecule has 0 radical (unpaired) electrons. The predicted molar refractivity (Wildman–Crippen MR) is 127 cm³/mol. The van der Waals surface area contributed by atoms with Crippen LogP contribution in [0, 0.1) is 35.0 Å². The summed E-state index contributed by atoms with van der Waals surface area (Å²) in [4.78, 5) is 0. The molecular formula is C28H48O2. The number of allylic oxidation sites excluding steroid dienone is 3. The van der Waals surface area contributed by atoms with Crippen LogP contribution in [0.5, 0.6) is 0 Å². The minimum Gasteiger partial charge on any atom is -0.393 e. The van der Waals surface area contributed by atoms with Crippen molar-refractivity contribution >= 4 is 0 Å². The number of fused-ring (bicyclic) bond motifs is 1. The van der Waals surface area contributed by atoms with Crippen molar-refractivity contribution in [2.75, 3.05) is 0 Å². The highest BCUT2D eigenvalue weighted by Gasteiger charge is 2.50.